The van der Waals surface area contributed by atoms with Gasteiger partial charge in [-0.2, -0.15) is 0 Å². The van der Waals surface area contributed by atoms with Crippen LogP contribution in [0.2, 0.25) is 5.02 Å². The molecule has 4 aromatic rings. The van der Waals surface area contributed by atoms with Crippen LogP contribution in [0.4, 0.5) is 0 Å². The summed E-state index contributed by atoms with van der Waals surface area (Å²) in [7, 11) is 0. The SMILES string of the molecule is Cc1ccc(-n2cnnc2SCc2nnc(-c3ccccc3Br)o2)cc1Cl. The molecule has 0 radical (unpaired) electrons. The van der Waals surface area contributed by atoms with Crippen LogP contribution in [0.3, 0.4) is 0 Å². The third kappa shape index (κ3) is 3.92. The van der Waals surface area contributed by atoms with E-state index in [0.29, 0.717) is 22.6 Å². The van der Waals surface area contributed by atoms with Gasteiger partial charge in [0.2, 0.25) is 11.8 Å². The van der Waals surface area contributed by atoms with Gasteiger partial charge in [-0.15, -0.1) is 20.4 Å². The van der Waals surface area contributed by atoms with Crippen molar-refractivity contribution >= 4 is 39.3 Å². The molecule has 2 heterocycles. The summed E-state index contributed by atoms with van der Waals surface area (Å²) >= 11 is 11.2. The van der Waals surface area contributed by atoms with Crippen molar-refractivity contribution in [2.24, 2.45) is 0 Å². The van der Waals surface area contributed by atoms with Gasteiger partial charge < -0.3 is 4.42 Å². The maximum absolute atomic E-state index is 6.23. The van der Waals surface area contributed by atoms with Gasteiger partial charge in [0.05, 0.1) is 17.0 Å². The predicted molar refractivity (Wildman–Crippen MR) is 108 cm³/mol. The van der Waals surface area contributed by atoms with Crippen molar-refractivity contribution in [2.75, 3.05) is 0 Å². The fourth-order valence-electron chi connectivity index (χ4n) is 2.41. The molecule has 2 aromatic heterocycles. The molecule has 0 amide bonds. The molecular formula is C18H13BrClN5OS. The number of thioether (sulfide) groups is 1. The molecule has 9 heteroatoms. The lowest BCUT2D eigenvalue weighted by atomic mass is 10.2. The minimum Gasteiger partial charge on any atom is -0.420 e. The first-order chi connectivity index (χ1) is 13.1. The molecule has 0 aliphatic rings. The summed E-state index contributed by atoms with van der Waals surface area (Å²) in [4.78, 5) is 0. The zero-order valence-corrected chi connectivity index (χ0v) is 17.3. The van der Waals surface area contributed by atoms with Gasteiger partial charge in [-0.3, -0.25) is 4.57 Å². The molecule has 0 spiro atoms. The Balaban J connectivity index is 1.51. The fourth-order valence-corrected chi connectivity index (χ4v) is 3.81. The summed E-state index contributed by atoms with van der Waals surface area (Å²) in [6.45, 7) is 1.96. The summed E-state index contributed by atoms with van der Waals surface area (Å²) in [5.41, 5.74) is 2.78. The van der Waals surface area contributed by atoms with Crippen molar-refractivity contribution in [1.82, 2.24) is 25.0 Å². The van der Waals surface area contributed by atoms with Crippen LogP contribution in [0.5, 0.6) is 0 Å². The molecule has 6 nitrogen and oxygen atoms in total. The number of aromatic nitrogens is 5. The van der Waals surface area contributed by atoms with Crippen LogP contribution in [0, 0.1) is 6.92 Å². The predicted octanol–water partition coefficient (Wildman–Crippen LogP) is 5.33. The van der Waals surface area contributed by atoms with E-state index in [1.165, 1.54) is 11.8 Å². The van der Waals surface area contributed by atoms with E-state index in [2.05, 4.69) is 36.3 Å². The summed E-state index contributed by atoms with van der Waals surface area (Å²) in [5.74, 6) is 1.47. The largest absolute Gasteiger partial charge is 0.420 e. The molecule has 27 heavy (non-hydrogen) atoms. The lowest BCUT2D eigenvalue weighted by Crippen LogP contribution is -1.96. The van der Waals surface area contributed by atoms with Crippen LogP contribution in [0.25, 0.3) is 17.1 Å². The highest BCUT2D eigenvalue weighted by molar-refractivity contribution is 9.10. The van der Waals surface area contributed by atoms with E-state index in [4.69, 9.17) is 16.0 Å². The van der Waals surface area contributed by atoms with Gasteiger partial charge >= 0.3 is 0 Å². The smallest absolute Gasteiger partial charge is 0.248 e. The van der Waals surface area contributed by atoms with Gasteiger partial charge in [-0.05, 0) is 52.7 Å². The molecule has 0 saturated carbocycles. The second-order valence-corrected chi connectivity index (χ2v) is 7.89. The van der Waals surface area contributed by atoms with Crippen molar-refractivity contribution in [1.29, 1.82) is 0 Å². The average Bonchev–Trinajstić information content (AvgIpc) is 3.32. The highest BCUT2D eigenvalue weighted by atomic mass is 79.9. The Hall–Kier alpha value is -2.16. The van der Waals surface area contributed by atoms with Crippen LogP contribution in [0.1, 0.15) is 11.5 Å². The minimum atomic E-state index is 0.477. The second-order valence-electron chi connectivity index (χ2n) is 5.69. The van der Waals surface area contributed by atoms with Crippen LogP contribution in [0.15, 0.2) is 62.8 Å². The number of aryl methyl sites for hydroxylation is 1. The molecule has 2 aromatic carbocycles. The second kappa shape index (κ2) is 7.84. The Labute approximate surface area is 173 Å². The van der Waals surface area contributed by atoms with Gasteiger partial charge in [0.25, 0.3) is 0 Å². The maximum atomic E-state index is 6.23. The van der Waals surface area contributed by atoms with E-state index >= 15 is 0 Å². The minimum absolute atomic E-state index is 0.477. The third-order valence-electron chi connectivity index (χ3n) is 3.85. The number of halogens is 2. The Morgan fingerprint density at radius 1 is 1.15 bits per heavy atom. The first-order valence-corrected chi connectivity index (χ1v) is 10.1. The molecule has 0 N–H and O–H groups in total. The van der Waals surface area contributed by atoms with Gasteiger partial charge in [0, 0.05) is 9.50 Å². The normalized spacial score (nSPS) is 11.1. The zero-order valence-electron chi connectivity index (χ0n) is 14.1. The lowest BCUT2D eigenvalue weighted by molar-refractivity contribution is 0.528. The van der Waals surface area contributed by atoms with E-state index in [0.717, 1.165) is 26.4 Å². The number of hydrogen-bond acceptors (Lipinski definition) is 6. The van der Waals surface area contributed by atoms with Crippen molar-refractivity contribution in [3.63, 3.8) is 0 Å². The van der Waals surface area contributed by atoms with Gasteiger partial charge in [-0.1, -0.05) is 41.6 Å². The first-order valence-electron chi connectivity index (χ1n) is 7.98. The first kappa shape index (κ1) is 18.2. The Morgan fingerprint density at radius 3 is 2.81 bits per heavy atom. The monoisotopic (exact) mass is 461 g/mol. The van der Waals surface area contributed by atoms with Crippen molar-refractivity contribution in [2.45, 2.75) is 17.8 Å². The molecule has 0 aliphatic carbocycles. The van der Waals surface area contributed by atoms with Crippen molar-refractivity contribution in [3.05, 3.63) is 69.7 Å². The quantitative estimate of drug-likeness (QED) is 0.373. The highest BCUT2D eigenvalue weighted by Gasteiger charge is 2.14. The number of benzene rings is 2. The number of hydrogen-bond donors (Lipinski definition) is 0. The molecule has 0 bridgehead atoms. The molecule has 0 fully saturated rings. The molecule has 0 saturated heterocycles. The molecule has 0 unspecified atom stereocenters. The van der Waals surface area contributed by atoms with E-state index < -0.39 is 0 Å². The Kier molecular flexibility index (Phi) is 5.29. The van der Waals surface area contributed by atoms with Crippen LogP contribution in [-0.4, -0.2) is 25.0 Å². The number of nitrogens with zero attached hydrogens (tertiary/aromatic N) is 5. The van der Waals surface area contributed by atoms with Crippen LogP contribution >= 0.6 is 39.3 Å². The highest BCUT2D eigenvalue weighted by Crippen LogP contribution is 2.29. The standard InChI is InChI=1S/C18H13BrClN5OS/c1-11-6-7-12(8-15(11)20)25-10-21-24-18(25)27-9-16-22-23-17(26-16)13-4-2-3-5-14(13)19/h2-8,10H,9H2,1H3. The Morgan fingerprint density at radius 2 is 2.00 bits per heavy atom. The topological polar surface area (TPSA) is 69.6 Å². The molecule has 0 atom stereocenters. The van der Waals surface area contributed by atoms with Gasteiger partial charge in [0.1, 0.15) is 6.33 Å². The molecule has 0 aliphatic heterocycles. The molecule has 4 rings (SSSR count). The lowest BCUT2D eigenvalue weighted by Gasteiger charge is -2.07. The average molecular weight is 463 g/mol. The Bertz CT molecular complexity index is 1100. The van der Waals surface area contributed by atoms with E-state index in [1.54, 1.807) is 6.33 Å². The van der Waals surface area contributed by atoms with Gasteiger partial charge in [-0.25, -0.2) is 0 Å². The fraction of sp³-hybridized carbons (Fsp3) is 0.111. The zero-order chi connectivity index (χ0) is 18.8. The van der Waals surface area contributed by atoms with Crippen LogP contribution < -0.4 is 0 Å². The molecule has 136 valence electrons. The third-order valence-corrected chi connectivity index (χ3v) is 5.87. The van der Waals surface area contributed by atoms with Crippen molar-refractivity contribution in [3.8, 4) is 17.1 Å². The summed E-state index contributed by atoms with van der Waals surface area (Å²) in [5, 5.41) is 17.9. The van der Waals surface area contributed by atoms with E-state index in [1.807, 2.05) is 54.0 Å². The van der Waals surface area contributed by atoms with Crippen LogP contribution in [-0.2, 0) is 5.75 Å². The summed E-state index contributed by atoms with van der Waals surface area (Å²) in [6, 6.07) is 13.6. The van der Waals surface area contributed by atoms with Crippen molar-refractivity contribution < 1.29 is 4.42 Å². The summed E-state index contributed by atoms with van der Waals surface area (Å²) in [6.07, 6.45) is 1.66. The summed E-state index contributed by atoms with van der Waals surface area (Å²) < 4.78 is 8.56. The van der Waals surface area contributed by atoms with E-state index in [9.17, 15) is 0 Å². The maximum Gasteiger partial charge on any atom is 0.248 e. The number of rotatable bonds is 5. The van der Waals surface area contributed by atoms with E-state index in [-0.39, 0.29) is 0 Å². The molecular weight excluding hydrogens is 450 g/mol. The van der Waals surface area contributed by atoms with Gasteiger partial charge in [0.15, 0.2) is 5.16 Å².